The third-order valence-corrected chi connectivity index (χ3v) is 3.57. The van der Waals surface area contributed by atoms with Gasteiger partial charge in [0.05, 0.1) is 0 Å². The predicted molar refractivity (Wildman–Crippen MR) is 75.1 cm³/mol. The van der Waals surface area contributed by atoms with Crippen molar-refractivity contribution in [2.45, 2.75) is 32.4 Å². The summed E-state index contributed by atoms with van der Waals surface area (Å²) in [6, 6.07) is 8.92. The third kappa shape index (κ3) is 4.65. The lowest BCUT2D eigenvalue weighted by Crippen LogP contribution is -2.50. The summed E-state index contributed by atoms with van der Waals surface area (Å²) < 4.78 is 0. The summed E-state index contributed by atoms with van der Waals surface area (Å²) in [5.41, 5.74) is 2.60. The van der Waals surface area contributed by atoms with Gasteiger partial charge in [-0.3, -0.25) is 9.69 Å². The molecular weight excluding hydrogens is 240 g/mol. The molecule has 0 spiro atoms. The van der Waals surface area contributed by atoms with Crippen molar-refractivity contribution in [2.24, 2.45) is 0 Å². The van der Waals surface area contributed by atoms with E-state index in [2.05, 4.69) is 41.4 Å². The fraction of sp³-hybridized carbons (Fsp3) is 0.533. The summed E-state index contributed by atoms with van der Waals surface area (Å²) in [4.78, 5) is 13.0. The largest absolute Gasteiger partial charge is 0.481 e. The normalized spacial score (nSPS) is 20.4. The second-order valence-corrected chi connectivity index (χ2v) is 5.30. The maximum absolute atomic E-state index is 10.6. The number of carboxylic acids is 1. The number of nitrogens with zero attached hydrogens (tertiary/aromatic N) is 1. The van der Waals surface area contributed by atoms with Gasteiger partial charge in [0.25, 0.3) is 0 Å². The van der Waals surface area contributed by atoms with E-state index in [1.165, 1.54) is 11.1 Å². The van der Waals surface area contributed by atoms with Crippen molar-refractivity contribution in [3.05, 3.63) is 35.4 Å². The standard InChI is InChI=1S/C15H22N2O2/c1-12-2-4-13(5-3-12)10-17-9-8-16-14(11-17)6-7-15(18)19/h2-5,14,16H,6-11H2,1H3,(H,18,19). The van der Waals surface area contributed by atoms with Crippen molar-refractivity contribution in [1.29, 1.82) is 0 Å². The molecule has 1 aliphatic heterocycles. The van der Waals surface area contributed by atoms with Crippen LogP contribution in [0.3, 0.4) is 0 Å². The van der Waals surface area contributed by atoms with Crippen LogP contribution in [0.4, 0.5) is 0 Å². The van der Waals surface area contributed by atoms with E-state index < -0.39 is 5.97 Å². The lowest BCUT2D eigenvalue weighted by molar-refractivity contribution is -0.137. The summed E-state index contributed by atoms with van der Waals surface area (Å²) in [6.45, 7) is 5.94. The van der Waals surface area contributed by atoms with Crippen molar-refractivity contribution < 1.29 is 9.90 Å². The molecule has 0 aliphatic carbocycles. The van der Waals surface area contributed by atoms with E-state index in [9.17, 15) is 4.79 Å². The molecule has 19 heavy (non-hydrogen) atoms. The molecule has 104 valence electrons. The van der Waals surface area contributed by atoms with Gasteiger partial charge in [0.1, 0.15) is 0 Å². The number of aryl methyl sites for hydroxylation is 1. The Labute approximate surface area is 114 Å². The second-order valence-electron chi connectivity index (χ2n) is 5.30. The molecule has 0 saturated carbocycles. The minimum atomic E-state index is -0.711. The van der Waals surface area contributed by atoms with Crippen LogP contribution < -0.4 is 5.32 Å². The number of piperazine rings is 1. The minimum absolute atomic E-state index is 0.246. The van der Waals surface area contributed by atoms with Gasteiger partial charge in [0, 0.05) is 38.6 Å². The van der Waals surface area contributed by atoms with Crippen molar-refractivity contribution in [2.75, 3.05) is 19.6 Å². The van der Waals surface area contributed by atoms with Crippen LogP contribution in [0.5, 0.6) is 0 Å². The Bertz CT molecular complexity index is 417. The summed E-state index contributed by atoms with van der Waals surface area (Å²) in [5, 5.41) is 12.1. The molecule has 1 fully saturated rings. The zero-order valence-electron chi connectivity index (χ0n) is 11.4. The molecule has 1 aromatic rings. The monoisotopic (exact) mass is 262 g/mol. The van der Waals surface area contributed by atoms with Gasteiger partial charge in [0.2, 0.25) is 0 Å². The van der Waals surface area contributed by atoms with Gasteiger partial charge in [-0.2, -0.15) is 0 Å². The first-order chi connectivity index (χ1) is 9.13. The molecule has 0 aromatic heterocycles. The lowest BCUT2D eigenvalue weighted by Gasteiger charge is -2.33. The second kappa shape index (κ2) is 6.68. The topological polar surface area (TPSA) is 52.6 Å². The van der Waals surface area contributed by atoms with Gasteiger partial charge in [-0.05, 0) is 18.9 Å². The number of nitrogens with one attached hydrogen (secondary N) is 1. The van der Waals surface area contributed by atoms with Crippen LogP contribution >= 0.6 is 0 Å². The maximum atomic E-state index is 10.6. The van der Waals surface area contributed by atoms with Gasteiger partial charge in [-0.15, -0.1) is 0 Å². The SMILES string of the molecule is Cc1ccc(CN2CCNC(CCC(=O)O)C2)cc1. The quantitative estimate of drug-likeness (QED) is 0.847. The van der Waals surface area contributed by atoms with Gasteiger partial charge < -0.3 is 10.4 Å². The molecule has 1 unspecified atom stereocenters. The zero-order valence-corrected chi connectivity index (χ0v) is 11.4. The van der Waals surface area contributed by atoms with Crippen LogP contribution in [0.25, 0.3) is 0 Å². The molecule has 0 bridgehead atoms. The molecule has 1 aliphatic rings. The highest BCUT2D eigenvalue weighted by molar-refractivity contribution is 5.66. The average Bonchev–Trinajstić information content (AvgIpc) is 2.40. The van der Waals surface area contributed by atoms with E-state index in [0.29, 0.717) is 12.5 Å². The van der Waals surface area contributed by atoms with Crippen LogP contribution in [-0.2, 0) is 11.3 Å². The van der Waals surface area contributed by atoms with E-state index in [0.717, 1.165) is 26.2 Å². The summed E-state index contributed by atoms with van der Waals surface area (Å²) in [6.07, 6.45) is 0.954. The fourth-order valence-electron chi connectivity index (χ4n) is 2.48. The summed E-state index contributed by atoms with van der Waals surface area (Å²) in [7, 11) is 0. The van der Waals surface area contributed by atoms with Crippen molar-refractivity contribution >= 4 is 5.97 Å². The van der Waals surface area contributed by atoms with Gasteiger partial charge >= 0.3 is 5.97 Å². The minimum Gasteiger partial charge on any atom is -0.481 e. The molecule has 1 aromatic carbocycles. The molecule has 0 amide bonds. The van der Waals surface area contributed by atoms with E-state index in [1.54, 1.807) is 0 Å². The van der Waals surface area contributed by atoms with E-state index in [-0.39, 0.29) is 6.42 Å². The van der Waals surface area contributed by atoms with Crippen LogP contribution in [0.2, 0.25) is 0 Å². The Morgan fingerprint density at radius 3 is 2.84 bits per heavy atom. The number of carbonyl (C=O) groups is 1. The maximum Gasteiger partial charge on any atom is 0.303 e. The summed E-state index contributed by atoms with van der Waals surface area (Å²) in [5.74, 6) is -0.711. The Hall–Kier alpha value is -1.39. The lowest BCUT2D eigenvalue weighted by atomic mass is 10.1. The first kappa shape index (κ1) is 14.0. The third-order valence-electron chi connectivity index (χ3n) is 3.57. The van der Waals surface area contributed by atoms with Crippen LogP contribution in [0.1, 0.15) is 24.0 Å². The number of aliphatic carboxylic acids is 1. The van der Waals surface area contributed by atoms with Crippen molar-refractivity contribution in [1.82, 2.24) is 10.2 Å². The highest BCUT2D eigenvalue weighted by Crippen LogP contribution is 2.11. The Morgan fingerprint density at radius 1 is 1.42 bits per heavy atom. The van der Waals surface area contributed by atoms with E-state index in [4.69, 9.17) is 5.11 Å². The van der Waals surface area contributed by atoms with Crippen LogP contribution in [-0.4, -0.2) is 41.7 Å². The smallest absolute Gasteiger partial charge is 0.303 e. The average molecular weight is 262 g/mol. The highest BCUT2D eigenvalue weighted by Gasteiger charge is 2.19. The fourth-order valence-corrected chi connectivity index (χ4v) is 2.48. The summed E-state index contributed by atoms with van der Waals surface area (Å²) >= 11 is 0. The van der Waals surface area contributed by atoms with Gasteiger partial charge in [-0.25, -0.2) is 0 Å². The zero-order chi connectivity index (χ0) is 13.7. The number of rotatable bonds is 5. The number of carboxylic acid groups (broad SMARTS) is 1. The first-order valence-electron chi connectivity index (χ1n) is 6.86. The van der Waals surface area contributed by atoms with Crippen LogP contribution in [0.15, 0.2) is 24.3 Å². The molecule has 2 rings (SSSR count). The molecule has 4 heteroatoms. The molecule has 2 N–H and O–H groups in total. The van der Waals surface area contributed by atoms with Crippen LogP contribution in [0, 0.1) is 6.92 Å². The molecule has 1 atom stereocenters. The predicted octanol–water partition coefficient (Wildman–Crippen LogP) is 1.63. The Morgan fingerprint density at radius 2 is 2.16 bits per heavy atom. The Kier molecular flexibility index (Phi) is 4.93. The molecule has 0 radical (unpaired) electrons. The Balaban J connectivity index is 1.83. The van der Waals surface area contributed by atoms with Crippen molar-refractivity contribution in [3.63, 3.8) is 0 Å². The molecule has 1 heterocycles. The first-order valence-corrected chi connectivity index (χ1v) is 6.86. The highest BCUT2D eigenvalue weighted by atomic mass is 16.4. The van der Waals surface area contributed by atoms with Gasteiger partial charge in [-0.1, -0.05) is 29.8 Å². The number of hydrogen-bond donors (Lipinski definition) is 2. The molecule has 4 nitrogen and oxygen atoms in total. The number of benzene rings is 1. The molecule has 1 saturated heterocycles. The van der Waals surface area contributed by atoms with Gasteiger partial charge in [0.15, 0.2) is 0 Å². The van der Waals surface area contributed by atoms with E-state index >= 15 is 0 Å². The van der Waals surface area contributed by atoms with Crippen molar-refractivity contribution in [3.8, 4) is 0 Å². The van der Waals surface area contributed by atoms with E-state index in [1.807, 2.05) is 0 Å². The molecular formula is C15H22N2O2. The number of hydrogen-bond acceptors (Lipinski definition) is 3.